The molecule has 0 aromatic heterocycles. The Balaban J connectivity index is 4.64. The number of hydrogen-bond donors (Lipinski definition) is 4. The van der Waals surface area contributed by atoms with Gasteiger partial charge in [0.15, 0.2) is 0 Å². The molecule has 12 nitrogen and oxygen atoms in total. The first-order valence-corrected chi connectivity index (χ1v) is 16.1. The van der Waals surface area contributed by atoms with Crippen molar-refractivity contribution in [2.24, 2.45) is 5.92 Å². The van der Waals surface area contributed by atoms with Gasteiger partial charge < -0.3 is 20.6 Å². The van der Waals surface area contributed by atoms with E-state index in [1.807, 2.05) is 27.7 Å². The number of likely N-dealkylation sites (N-methyl/N-ethyl adjacent to an activating group) is 2. The lowest BCUT2D eigenvalue weighted by Gasteiger charge is -2.32. The van der Waals surface area contributed by atoms with Crippen LogP contribution in [0.1, 0.15) is 98.3 Å². The van der Waals surface area contributed by atoms with Crippen LogP contribution >= 0.6 is 0 Å². The van der Waals surface area contributed by atoms with Gasteiger partial charge in [0.05, 0.1) is 13.1 Å². The Morgan fingerprint density at radius 3 is 1.53 bits per heavy atom. The van der Waals surface area contributed by atoms with Gasteiger partial charge in [0.25, 0.3) is 0 Å². The highest BCUT2D eigenvalue weighted by molar-refractivity contribution is 5.80. The van der Waals surface area contributed by atoms with Gasteiger partial charge in [0.1, 0.15) is 11.8 Å². The molecule has 1 atom stereocenters. The molecule has 0 aromatic rings. The number of nitrogens with zero attached hydrogens (tertiary/aromatic N) is 3. The number of carboxylic acids is 3. The molecule has 0 spiro atoms. The van der Waals surface area contributed by atoms with E-state index in [-0.39, 0.29) is 50.8 Å². The van der Waals surface area contributed by atoms with Crippen molar-refractivity contribution in [2.45, 2.75) is 104 Å². The quantitative estimate of drug-likeness (QED) is 0.0914. The molecule has 0 aliphatic rings. The first-order valence-electron chi connectivity index (χ1n) is 16.1. The fourth-order valence-corrected chi connectivity index (χ4v) is 4.86. The van der Waals surface area contributed by atoms with E-state index < -0.39 is 23.9 Å². The summed E-state index contributed by atoms with van der Waals surface area (Å²) in [4.78, 5) is 63.8. The van der Waals surface area contributed by atoms with Gasteiger partial charge in [0, 0.05) is 51.5 Å². The van der Waals surface area contributed by atoms with Crippen molar-refractivity contribution in [2.75, 3.05) is 58.9 Å². The predicted molar refractivity (Wildman–Crippen MR) is 166 cm³/mol. The topological polar surface area (TPSA) is 168 Å². The van der Waals surface area contributed by atoms with Gasteiger partial charge in [-0.1, -0.05) is 66.2 Å². The minimum Gasteiger partial charge on any atom is -0.480 e. The number of ketones is 1. The van der Waals surface area contributed by atoms with E-state index in [4.69, 9.17) is 10.2 Å². The lowest BCUT2D eigenvalue weighted by molar-refractivity contribution is -0.145. The van der Waals surface area contributed by atoms with Crippen molar-refractivity contribution in [3.8, 4) is 0 Å². The molecule has 1 unspecified atom stereocenters. The fraction of sp³-hybridized carbons (Fsp3) is 0.839. The molecule has 0 aliphatic heterocycles. The first kappa shape index (κ1) is 40.4. The Hall–Kier alpha value is -2.57. The molecular weight excluding hydrogens is 556 g/mol. The van der Waals surface area contributed by atoms with Gasteiger partial charge in [-0.15, -0.1) is 0 Å². The van der Waals surface area contributed by atoms with Crippen LogP contribution in [0.5, 0.6) is 0 Å². The van der Waals surface area contributed by atoms with Gasteiger partial charge in [0.2, 0.25) is 5.91 Å². The summed E-state index contributed by atoms with van der Waals surface area (Å²) in [6, 6.07) is -0.957. The molecule has 0 heterocycles. The van der Waals surface area contributed by atoms with Crippen molar-refractivity contribution < 1.29 is 39.3 Å². The minimum atomic E-state index is -1.07. The number of carboxylic acid groups (broad SMARTS) is 3. The number of carbonyl (C=O) groups excluding carboxylic acids is 2. The van der Waals surface area contributed by atoms with E-state index in [2.05, 4.69) is 5.32 Å². The number of rotatable bonds is 29. The molecule has 250 valence electrons. The lowest BCUT2D eigenvalue weighted by Crippen LogP contribution is -2.49. The van der Waals surface area contributed by atoms with Crippen LogP contribution in [0.4, 0.5) is 0 Å². The summed E-state index contributed by atoms with van der Waals surface area (Å²) in [6.07, 6.45) is 9.24. The van der Waals surface area contributed by atoms with Crippen LogP contribution in [0, 0.1) is 5.92 Å². The molecule has 0 aromatic carbocycles. The maximum absolute atomic E-state index is 12.5. The zero-order valence-electron chi connectivity index (χ0n) is 27.0. The summed E-state index contributed by atoms with van der Waals surface area (Å²) >= 11 is 0. The van der Waals surface area contributed by atoms with Gasteiger partial charge >= 0.3 is 17.9 Å². The highest BCUT2D eigenvalue weighted by Crippen LogP contribution is 2.12. The van der Waals surface area contributed by atoms with Crippen molar-refractivity contribution >= 4 is 29.6 Å². The highest BCUT2D eigenvalue weighted by Gasteiger charge is 2.27. The van der Waals surface area contributed by atoms with Crippen molar-refractivity contribution in [3.63, 3.8) is 0 Å². The van der Waals surface area contributed by atoms with E-state index in [1.165, 1.54) is 0 Å². The monoisotopic (exact) mass is 614 g/mol. The van der Waals surface area contributed by atoms with E-state index in [9.17, 15) is 29.1 Å². The van der Waals surface area contributed by atoms with Crippen LogP contribution in [0.25, 0.3) is 0 Å². The number of aliphatic carboxylic acids is 3. The minimum absolute atomic E-state index is 0.0476. The standard InChI is InChI=1S/C31H58N4O8/c1-5-33(23-29(38)39)19-21-35(22-20-34(6-2)24-30(40)41)26(31(42)43)16-17-28(37)32-18-14-12-10-8-7-9-11-13-15-27(36)25(3)4/h25-26H,5-24H2,1-4H3,(H,32,37)(H,38,39)(H,40,41)(H,42,43). The average molecular weight is 615 g/mol. The van der Waals surface area contributed by atoms with E-state index in [0.717, 1.165) is 51.4 Å². The molecule has 0 aliphatic carbocycles. The third kappa shape index (κ3) is 21.7. The highest BCUT2D eigenvalue weighted by atomic mass is 16.4. The smallest absolute Gasteiger partial charge is 0.320 e. The number of carbonyl (C=O) groups is 5. The van der Waals surface area contributed by atoms with Crippen LogP contribution < -0.4 is 5.32 Å². The van der Waals surface area contributed by atoms with Crippen LogP contribution in [-0.2, 0) is 24.0 Å². The molecule has 0 saturated carbocycles. The molecule has 43 heavy (non-hydrogen) atoms. The molecule has 0 saturated heterocycles. The second kappa shape index (κ2) is 24.8. The third-order valence-electron chi connectivity index (χ3n) is 7.71. The Morgan fingerprint density at radius 1 is 0.651 bits per heavy atom. The Kier molecular flexibility index (Phi) is 23.3. The summed E-state index contributed by atoms with van der Waals surface area (Å²) in [7, 11) is 0. The number of amides is 1. The summed E-state index contributed by atoms with van der Waals surface area (Å²) in [5, 5.41) is 31.2. The van der Waals surface area contributed by atoms with Gasteiger partial charge in [-0.25, -0.2) is 0 Å². The number of nitrogens with one attached hydrogen (secondary N) is 1. The van der Waals surface area contributed by atoms with E-state index >= 15 is 0 Å². The zero-order valence-corrected chi connectivity index (χ0v) is 27.0. The van der Waals surface area contributed by atoms with Crippen LogP contribution in [0.2, 0.25) is 0 Å². The summed E-state index contributed by atoms with van der Waals surface area (Å²) in [6.45, 7) is 9.96. The second-order valence-electron chi connectivity index (χ2n) is 11.5. The average Bonchev–Trinajstić information content (AvgIpc) is 2.94. The summed E-state index contributed by atoms with van der Waals surface area (Å²) in [5.41, 5.74) is 0. The largest absolute Gasteiger partial charge is 0.480 e. The maximum Gasteiger partial charge on any atom is 0.320 e. The van der Waals surface area contributed by atoms with Gasteiger partial charge in [-0.05, 0) is 32.4 Å². The summed E-state index contributed by atoms with van der Waals surface area (Å²) < 4.78 is 0. The molecule has 0 bridgehead atoms. The molecule has 0 fully saturated rings. The van der Waals surface area contributed by atoms with Gasteiger partial charge in [-0.2, -0.15) is 0 Å². The Labute approximate surface area is 258 Å². The van der Waals surface area contributed by atoms with E-state index in [1.54, 1.807) is 14.7 Å². The molecule has 1 amide bonds. The summed E-state index contributed by atoms with van der Waals surface area (Å²) in [5.74, 6) is -2.75. The number of unbranched alkanes of at least 4 members (excludes halogenated alkanes) is 7. The molecule has 0 radical (unpaired) electrons. The third-order valence-corrected chi connectivity index (χ3v) is 7.71. The number of hydrogen-bond acceptors (Lipinski definition) is 8. The maximum atomic E-state index is 12.5. The fourth-order valence-electron chi connectivity index (χ4n) is 4.86. The van der Waals surface area contributed by atoms with Gasteiger partial charge in [-0.3, -0.25) is 38.7 Å². The zero-order chi connectivity index (χ0) is 32.6. The van der Waals surface area contributed by atoms with Crippen LogP contribution in [0.15, 0.2) is 0 Å². The molecular formula is C31H58N4O8. The molecule has 12 heteroatoms. The van der Waals surface area contributed by atoms with Crippen LogP contribution in [0.3, 0.4) is 0 Å². The lowest BCUT2D eigenvalue weighted by atomic mass is 10.0. The van der Waals surface area contributed by atoms with E-state index in [0.29, 0.717) is 44.9 Å². The predicted octanol–water partition coefficient (Wildman–Crippen LogP) is 3.19. The molecule has 0 rings (SSSR count). The number of Topliss-reactive ketones (excluding diaryl/α,β-unsaturated/α-hetero) is 1. The van der Waals surface area contributed by atoms with Crippen LogP contribution in [-0.4, -0.2) is 125 Å². The Morgan fingerprint density at radius 2 is 1.12 bits per heavy atom. The Bertz CT molecular complexity index is 796. The second-order valence-corrected chi connectivity index (χ2v) is 11.5. The van der Waals surface area contributed by atoms with Crippen molar-refractivity contribution in [1.29, 1.82) is 0 Å². The SMILES string of the molecule is CCN(CCN(CCN(CC)CC(=O)O)C(CCC(=O)NCCCCCCCCCCC(=O)C(C)C)C(=O)O)CC(=O)O. The normalized spacial score (nSPS) is 12.3. The van der Waals surface area contributed by atoms with Crippen molar-refractivity contribution in [1.82, 2.24) is 20.0 Å². The van der Waals surface area contributed by atoms with Crippen molar-refractivity contribution in [3.05, 3.63) is 0 Å². The first-order chi connectivity index (χ1) is 20.4. The molecule has 4 N–H and O–H groups in total.